The van der Waals surface area contributed by atoms with Crippen LogP contribution in [0.25, 0.3) is 10.9 Å². The highest BCUT2D eigenvalue weighted by atomic mass is 35.5. The molecule has 0 spiro atoms. The van der Waals surface area contributed by atoms with Crippen molar-refractivity contribution < 1.29 is 4.79 Å². The summed E-state index contributed by atoms with van der Waals surface area (Å²) in [5.74, 6) is 1.44. The smallest absolute Gasteiger partial charge is 0.281 e. The summed E-state index contributed by atoms with van der Waals surface area (Å²) in [5, 5.41) is 4.19. The number of hydrogen-bond acceptors (Lipinski definition) is 9. The van der Waals surface area contributed by atoms with Gasteiger partial charge in [0.05, 0.1) is 22.6 Å². The van der Waals surface area contributed by atoms with Gasteiger partial charge in [0.25, 0.3) is 11.5 Å². The quantitative estimate of drug-likeness (QED) is 0.227. The van der Waals surface area contributed by atoms with E-state index in [4.69, 9.17) is 16.6 Å². The average Bonchev–Trinajstić information content (AvgIpc) is 2.96. The lowest BCUT2D eigenvalue weighted by Gasteiger charge is -2.33. The molecule has 1 aliphatic rings. The van der Waals surface area contributed by atoms with Crippen molar-refractivity contribution in [1.82, 2.24) is 29.2 Å². The van der Waals surface area contributed by atoms with Crippen LogP contribution in [0.2, 0.25) is 5.15 Å². The molecule has 214 valence electrons. The van der Waals surface area contributed by atoms with Gasteiger partial charge in [-0.25, -0.2) is 19.9 Å². The maximum Gasteiger partial charge on any atom is 0.281 e. The molecule has 10 nitrogen and oxygen atoms in total. The Morgan fingerprint density at radius 1 is 1.12 bits per heavy atom. The molecule has 0 radical (unpaired) electrons. The maximum atomic E-state index is 13.6. The minimum atomic E-state index is -0.348. The molecular weight excluding hydrogens is 560 g/mol. The van der Waals surface area contributed by atoms with E-state index in [0.717, 1.165) is 48.4 Å². The number of rotatable bonds is 7. The number of pyridine rings is 1. The number of carbonyl (C=O) groups excluding carboxylic acids is 1. The van der Waals surface area contributed by atoms with Gasteiger partial charge < -0.3 is 10.2 Å². The van der Waals surface area contributed by atoms with Crippen LogP contribution in [0.1, 0.15) is 64.7 Å². The predicted octanol–water partition coefficient (Wildman–Crippen LogP) is 4.95. The fourth-order valence-corrected chi connectivity index (χ4v) is 5.79. The van der Waals surface area contributed by atoms with Crippen LogP contribution in [0.5, 0.6) is 0 Å². The zero-order valence-electron chi connectivity index (χ0n) is 23.7. The second kappa shape index (κ2) is 12.0. The van der Waals surface area contributed by atoms with Crippen LogP contribution in [0.15, 0.2) is 41.5 Å². The summed E-state index contributed by atoms with van der Waals surface area (Å²) in [4.78, 5) is 46.5. The molecule has 4 aromatic rings. The Hall–Kier alpha value is -3.70. The van der Waals surface area contributed by atoms with Gasteiger partial charge in [0, 0.05) is 44.4 Å². The van der Waals surface area contributed by atoms with Crippen LogP contribution < -0.4 is 20.5 Å². The number of aromatic nitrogens is 5. The Kier molecular flexibility index (Phi) is 8.46. The first-order valence-corrected chi connectivity index (χ1v) is 15.1. The first-order chi connectivity index (χ1) is 19.7. The topological polar surface area (TPSA) is 118 Å². The molecule has 2 N–H and O–H groups in total. The number of nitrogens with zero attached hydrogens (tertiary/aromatic N) is 6. The molecule has 1 atom stereocenters. The maximum absolute atomic E-state index is 13.6. The normalized spacial score (nSPS) is 14.7. The summed E-state index contributed by atoms with van der Waals surface area (Å²) < 4.78 is 4.35. The van der Waals surface area contributed by atoms with Gasteiger partial charge in [0.2, 0.25) is 5.95 Å². The summed E-state index contributed by atoms with van der Waals surface area (Å²) in [6.07, 6.45) is 7.44. The van der Waals surface area contributed by atoms with Crippen molar-refractivity contribution in [1.29, 1.82) is 0 Å². The molecule has 1 unspecified atom stereocenters. The van der Waals surface area contributed by atoms with Crippen molar-refractivity contribution >= 4 is 52.0 Å². The Morgan fingerprint density at radius 3 is 2.51 bits per heavy atom. The van der Waals surface area contributed by atoms with Crippen LogP contribution in [-0.4, -0.2) is 49.8 Å². The van der Waals surface area contributed by atoms with Crippen LogP contribution in [0.4, 0.5) is 11.6 Å². The van der Waals surface area contributed by atoms with Gasteiger partial charge in [0.15, 0.2) is 5.69 Å². The van der Waals surface area contributed by atoms with Crippen molar-refractivity contribution in [3.05, 3.63) is 80.4 Å². The molecule has 1 aromatic carbocycles. The number of anilines is 2. The lowest BCUT2D eigenvalue weighted by molar-refractivity contribution is 0.0980. The SMILES string of the molecule is CSNC(=O)c1nc(Cl)ccc1NC(C)c1cc(C)cc2c(=O)n(C)c(N3CCC(c4cnc(C)nc4)CC3)nc12. The summed E-state index contributed by atoms with van der Waals surface area (Å²) >= 11 is 7.29. The summed E-state index contributed by atoms with van der Waals surface area (Å²) in [7, 11) is 1.78. The van der Waals surface area contributed by atoms with E-state index in [2.05, 4.69) is 29.9 Å². The van der Waals surface area contributed by atoms with Gasteiger partial charge in [-0.15, -0.1) is 0 Å². The number of aryl methyl sites for hydroxylation is 2. The Bertz CT molecular complexity index is 1650. The van der Waals surface area contributed by atoms with Crippen molar-refractivity contribution in [2.45, 2.75) is 45.6 Å². The van der Waals surface area contributed by atoms with E-state index < -0.39 is 0 Å². The number of halogens is 1. The third kappa shape index (κ3) is 6.01. The van der Waals surface area contributed by atoms with Gasteiger partial charge in [-0.2, -0.15) is 0 Å². The number of nitrogens with one attached hydrogen (secondary N) is 2. The van der Waals surface area contributed by atoms with Gasteiger partial charge in [0.1, 0.15) is 11.0 Å². The molecule has 41 heavy (non-hydrogen) atoms. The number of fused-ring (bicyclic) bond motifs is 1. The standard InChI is InChI=1S/C29H33ClN8O2S/c1-16-12-21(17(2)33-23-6-7-24(30)34-26(23)27(39)36-41-5)25-22(13-16)28(40)37(4)29(35-25)38-10-8-19(9-11-38)20-14-31-18(3)32-15-20/h6-7,12-15,17,19,33H,8-11H2,1-5H3,(H,36,39). The minimum absolute atomic E-state index is 0.0931. The number of hydrogen-bond donors (Lipinski definition) is 2. The molecule has 0 bridgehead atoms. The third-order valence-electron chi connectivity index (χ3n) is 7.49. The molecule has 1 amide bonds. The lowest BCUT2D eigenvalue weighted by atomic mass is 9.91. The number of benzene rings is 1. The third-order valence-corrected chi connectivity index (χ3v) is 8.09. The van der Waals surface area contributed by atoms with Crippen molar-refractivity contribution in [3.8, 4) is 0 Å². The Morgan fingerprint density at radius 2 is 1.83 bits per heavy atom. The largest absolute Gasteiger partial charge is 0.377 e. The lowest BCUT2D eigenvalue weighted by Crippen LogP contribution is -2.37. The van der Waals surface area contributed by atoms with E-state index in [1.54, 1.807) is 30.0 Å². The monoisotopic (exact) mass is 592 g/mol. The first-order valence-electron chi connectivity index (χ1n) is 13.5. The molecule has 0 saturated carbocycles. The second-order valence-electron chi connectivity index (χ2n) is 10.4. The molecule has 3 aromatic heterocycles. The van der Waals surface area contributed by atoms with E-state index in [9.17, 15) is 9.59 Å². The molecule has 1 fully saturated rings. The van der Waals surface area contributed by atoms with Crippen LogP contribution in [0, 0.1) is 13.8 Å². The molecule has 12 heteroatoms. The predicted molar refractivity (Wildman–Crippen MR) is 165 cm³/mol. The second-order valence-corrected chi connectivity index (χ2v) is 11.4. The van der Waals surface area contributed by atoms with Gasteiger partial charge >= 0.3 is 0 Å². The first kappa shape index (κ1) is 28.8. The van der Waals surface area contributed by atoms with E-state index in [-0.39, 0.29) is 28.4 Å². The van der Waals surface area contributed by atoms with Crippen molar-refractivity contribution in [3.63, 3.8) is 0 Å². The highest BCUT2D eigenvalue weighted by Gasteiger charge is 2.26. The minimum Gasteiger partial charge on any atom is -0.377 e. The van der Waals surface area contributed by atoms with Crippen molar-refractivity contribution in [2.75, 3.05) is 29.6 Å². The highest BCUT2D eigenvalue weighted by Crippen LogP contribution is 2.32. The number of amides is 1. The fourth-order valence-electron chi connectivity index (χ4n) is 5.36. The van der Waals surface area contributed by atoms with E-state index >= 15 is 0 Å². The summed E-state index contributed by atoms with van der Waals surface area (Å²) in [5.41, 5.74) is 4.23. The molecule has 1 aliphatic heterocycles. The van der Waals surface area contributed by atoms with Gasteiger partial charge in [-0.3, -0.25) is 18.9 Å². The van der Waals surface area contributed by atoms with E-state index in [0.29, 0.717) is 28.5 Å². The van der Waals surface area contributed by atoms with E-state index in [1.807, 2.05) is 45.3 Å². The molecular formula is C29H33ClN8O2S. The number of piperidine rings is 1. The van der Waals surface area contributed by atoms with Crippen LogP contribution >= 0.6 is 23.5 Å². The van der Waals surface area contributed by atoms with Crippen LogP contribution in [-0.2, 0) is 7.05 Å². The fraction of sp³-hybridized carbons (Fsp3) is 0.379. The summed E-state index contributed by atoms with van der Waals surface area (Å²) in [6.45, 7) is 7.36. The van der Waals surface area contributed by atoms with Crippen LogP contribution in [0.3, 0.4) is 0 Å². The zero-order valence-corrected chi connectivity index (χ0v) is 25.3. The average molecular weight is 593 g/mol. The van der Waals surface area contributed by atoms with Crippen molar-refractivity contribution in [2.24, 2.45) is 7.05 Å². The van der Waals surface area contributed by atoms with E-state index in [1.165, 1.54) is 11.9 Å². The molecule has 0 aliphatic carbocycles. The molecule has 4 heterocycles. The van der Waals surface area contributed by atoms with Gasteiger partial charge in [-0.1, -0.05) is 29.6 Å². The zero-order chi connectivity index (χ0) is 29.3. The molecule has 5 rings (SSSR count). The van der Waals surface area contributed by atoms with Gasteiger partial charge in [-0.05, 0) is 68.9 Å². The Labute approximate surface area is 248 Å². The number of carbonyl (C=O) groups is 1. The molecule has 1 saturated heterocycles. The Balaban J connectivity index is 1.48. The summed E-state index contributed by atoms with van der Waals surface area (Å²) in [6, 6.07) is 7.00. The highest BCUT2D eigenvalue weighted by molar-refractivity contribution is 7.97.